The monoisotopic (exact) mass is 306 g/mol. The van der Waals surface area contributed by atoms with Crippen molar-refractivity contribution in [3.8, 4) is 17.2 Å². The minimum Gasteiger partial charge on any atom is -0.488 e. The summed E-state index contributed by atoms with van der Waals surface area (Å²) in [6, 6.07) is 5.31. The fourth-order valence-electron chi connectivity index (χ4n) is 2.08. The molecule has 120 valence electrons. The first-order valence-corrected chi connectivity index (χ1v) is 7.22. The summed E-state index contributed by atoms with van der Waals surface area (Å²) in [5, 5.41) is 0.673. The van der Waals surface area contributed by atoms with Crippen LogP contribution in [-0.4, -0.2) is 18.8 Å². The smallest absolute Gasteiger partial charge is 0.383 e. The van der Waals surface area contributed by atoms with Gasteiger partial charge in [-0.05, 0) is 46.8 Å². The lowest BCUT2D eigenvalue weighted by Gasteiger charge is -2.21. The molecule has 0 saturated heterocycles. The van der Waals surface area contributed by atoms with E-state index in [4.69, 9.17) is 18.6 Å². The number of fused-ring (bicyclic) bond motifs is 1. The number of methoxy groups -OCH3 is 1. The van der Waals surface area contributed by atoms with Gasteiger partial charge in [0.1, 0.15) is 16.9 Å². The van der Waals surface area contributed by atoms with Crippen molar-refractivity contribution in [2.75, 3.05) is 7.11 Å². The van der Waals surface area contributed by atoms with Crippen molar-refractivity contribution in [2.24, 2.45) is 0 Å². The molecular formula is C17H22O5. The molecule has 5 heteroatoms. The van der Waals surface area contributed by atoms with Crippen LogP contribution in [0.15, 0.2) is 27.4 Å². The van der Waals surface area contributed by atoms with Crippen LogP contribution in [0.5, 0.6) is 17.2 Å². The predicted molar refractivity (Wildman–Crippen MR) is 85.2 cm³/mol. The molecule has 0 bridgehead atoms. The quantitative estimate of drug-likeness (QED) is 0.805. The summed E-state index contributed by atoms with van der Waals surface area (Å²) < 4.78 is 22.0. The third-order valence-corrected chi connectivity index (χ3v) is 2.77. The van der Waals surface area contributed by atoms with Crippen molar-refractivity contribution in [1.82, 2.24) is 0 Å². The molecule has 0 saturated carbocycles. The summed E-state index contributed by atoms with van der Waals surface area (Å²) in [7, 11) is 1.42. The summed E-state index contributed by atoms with van der Waals surface area (Å²) in [5.74, 6) is 1.10. The highest BCUT2D eigenvalue weighted by Crippen LogP contribution is 2.35. The first kappa shape index (κ1) is 16.2. The van der Waals surface area contributed by atoms with Crippen LogP contribution in [0.25, 0.3) is 11.0 Å². The first-order chi connectivity index (χ1) is 10.2. The minimum absolute atomic E-state index is 0.0747. The maximum Gasteiger partial charge on any atom is 0.383 e. The van der Waals surface area contributed by atoms with Crippen LogP contribution in [-0.2, 0) is 0 Å². The Morgan fingerprint density at radius 1 is 1.14 bits per heavy atom. The zero-order valence-corrected chi connectivity index (χ0v) is 13.9. The average Bonchev–Trinajstić information content (AvgIpc) is 2.35. The van der Waals surface area contributed by atoms with Gasteiger partial charge in [-0.1, -0.05) is 0 Å². The van der Waals surface area contributed by atoms with E-state index < -0.39 is 5.63 Å². The SMILES string of the molecule is COc1c(OC(C)C)c2ccc(OC(C)(C)C)cc2oc1=O. The largest absolute Gasteiger partial charge is 0.488 e. The van der Waals surface area contributed by atoms with Crippen molar-refractivity contribution in [2.45, 2.75) is 46.3 Å². The van der Waals surface area contributed by atoms with E-state index in [9.17, 15) is 4.79 Å². The maximum atomic E-state index is 12.1. The van der Waals surface area contributed by atoms with Gasteiger partial charge in [0.25, 0.3) is 0 Å². The summed E-state index contributed by atoms with van der Waals surface area (Å²) in [6.07, 6.45) is -0.0931. The van der Waals surface area contributed by atoms with Gasteiger partial charge in [-0.2, -0.15) is 0 Å². The molecule has 1 aromatic carbocycles. The third-order valence-electron chi connectivity index (χ3n) is 2.77. The standard InChI is InChI=1S/C17H22O5/c1-10(2)20-14-12-8-7-11(22-17(3,4)5)9-13(12)21-16(18)15(14)19-6/h7-10H,1-6H3. The van der Waals surface area contributed by atoms with E-state index in [1.807, 2.05) is 40.7 Å². The van der Waals surface area contributed by atoms with Crippen molar-refractivity contribution in [3.63, 3.8) is 0 Å². The number of benzene rings is 1. The molecular weight excluding hydrogens is 284 g/mol. The Kier molecular flexibility index (Phi) is 4.35. The van der Waals surface area contributed by atoms with Crippen LogP contribution in [0.2, 0.25) is 0 Å². The second kappa shape index (κ2) is 5.91. The lowest BCUT2D eigenvalue weighted by Crippen LogP contribution is -2.22. The Morgan fingerprint density at radius 2 is 1.82 bits per heavy atom. The van der Waals surface area contributed by atoms with Crippen LogP contribution in [0.4, 0.5) is 0 Å². The molecule has 0 atom stereocenters. The van der Waals surface area contributed by atoms with Gasteiger partial charge in [0.05, 0.1) is 18.6 Å². The van der Waals surface area contributed by atoms with Crippen LogP contribution in [0, 0.1) is 0 Å². The van der Waals surface area contributed by atoms with E-state index in [0.29, 0.717) is 22.5 Å². The molecule has 0 amide bonds. The van der Waals surface area contributed by atoms with Crippen molar-refractivity contribution in [3.05, 3.63) is 28.6 Å². The normalized spacial score (nSPS) is 11.8. The van der Waals surface area contributed by atoms with E-state index in [1.54, 1.807) is 12.1 Å². The summed E-state index contributed by atoms with van der Waals surface area (Å²) in [6.45, 7) is 9.63. The average molecular weight is 306 g/mol. The van der Waals surface area contributed by atoms with Gasteiger partial charge >= 0.3 is 5.63 Å². The zero-order chi connectivity index (χ0) is 16.5. The van der Waals surface area contributed by atoms with E-state index in [-0.39, 0.29) is 17.5 Å². The zero-order valence-electron chi connectivity index (χ0n) is 13.9. The second-order valence-corrected chi connectivity index (χ2v) is 6.29. The highest BCUT2D eigenvalue weighted by molar-refractivity contribution is 5.86. The Bertz CT molecular complexity index is 722. The summed E-state index contributed by atoms with van der Waals surface area (Å²) >= 11 is 0. The Labute approximate surface area is 129 Å². The fraction of sp³-hybridized carbons (Fsp3) is 0.471. The number of rotatable bonds is 4. The Balaban J connectivity index is 2.62. The van der Waals surface area contributed by atoms with E-state index in [0.717, 1.165) is 0 Å². The van der Waals surface area contributed by atoms with Crippen molar-refractivity contribution < 1.29 is 18.6 Å². The molecule has 0 aliphatic carbocycles. The molecule has 0 radical (unpaired) electrons. The van der Waals surface area contributed by atoms with Gasteiger partial charge in [0.15, 0.2) is 5.75 Å². The first-order valence-electron chi connectivity index (χ1n) is 7.22. The topological polar surface area (TPSA) is 57.9 Å². The minimum atomic E-state index is -0.571. The van der Waals surface area contributed by atoms with Crippen LogP contribution >= 0.6 is 0 Å². The third kappa shape index (κ3) is 3.53. The lowest BCUT2D eigenvalue weighted by atomic mass is 10.1. The van der Waals surface area contributed by atoms with Crippen LogP contribution in [0.3, 0.4) is 0 Å². The van der Waals surface area contributed by atoms with E-state index in [1.165, 1.54) is 7.11 Å². The molecule has 0 spiro atoms. The number of hydrogen-bond acceptors (Lipinski definition) is 5. The van der Waals surface area contributed by atoms with Crippen LogP contribution < -0.4 is 19.8 Å². The molecule has 0 aliphatic rings. The Hall–Kier alpha value is -2.17. The molecule has 5 nitrogen and oxygen atoms in total. The van der Waals surface area contributed by atoms with Gasteiger partial charge in [0.2, 0.25) is 5.75 Å². The molecule has 0 fully saturated rings. The van der Waals surface area contributed by atoms with Crippen molar-refractivity contribution in [1.29, 1.82) is 0 Å². The van der Waals surface area contributed by atoms with E-state index >= 15 is 0 Å². The molecule has 1 aromatic heterocycles. The molecule has 0 N–H and O–H groups in total. The lowest BCUT2D eigenvalue weighted by molar-refractivity contribution is 0.131. The molecule has 2 aromatic rings. The molecule has 0 aliphatic heterocycles. The molecule has 0 unspecified atom stereocenters. The Morgan fingerprint density at radius 3 is 2.36 bits per heavy atom. The molecule has 2 rings (SSSR count). The predicted octanol–water partition coefficient (Wildman–Crippen LogP) is 3.77. The second-order valence-electron chi connectivity index (χ2n) is 6.29. The fourth-order valence-corrected chi connectivity index (χ4v) is 2.08. The van der Waals surface area contributed by atoms with Gasteiger partial charge in [-0.15, -0.1) is 0 Å². The highest BCUT2D eigenvalue weighted by Gasteiger charge is 2.19. The molecule has 22 heavy (non-hydrogen) atoms. The maximum absolute atomic E-state index is 12.1. The van der Waals surface area contributed by atoms with Crippen molar-refractivity contribution >= 4 is 11.0 Å². The van der Waals surface area contributed by atoms with Crippen LogP contribution in [0.1, 0.15) is 34.6 Å². The van der Waals surface area contributed by atoms with Gasteiger partial charge in [-0.25, -0.2) is 4.79 Å². The van der Waals surface area contributed by atoms with Gasteiger partial charge in [0, 0.05) is 6.07 Å². The summed E-state index contributed by atoms with van der Waals surface area (Å²) in [4.78, 5) is 12.1. The van der Waals surface area contributed by atoms with E-state index in [2.05, 4.69) is 0 Å². The summed E-state index contributed by atoms with van der Waals surface area (Å²) in [5.41, 5.74) is -0.501. The highest BCUT2D eigenvalue weighted by atomic mass is 16.5. The number of hydrogen-bond donors (Lipinski definition) is 0. The number of ether oxygens (including phenoxy) is 3. The van der Waals surface area contributed by atoms with Gasteiger partial charge in [-0.3, -0.25) is 0 Å². The molecule has 1 heterocycles. The van der Waals surface area contributed by atoms with Gasteiger partial charge < -0.3 is 18.6 Å².